The molecule has 124 valence electrons. The minimum atomic E-state index is -0.706. The van der Waals surface area contributed by atoms with Crippen molar-refractivity contribution in [1.82, 2.24) is 4.90 Å². The van der Waals surface area contributed by atoms with Crippen LogP contribution in [-0.4, -0.2) is 41.0 Å². The monoisotopic (exact) mass is 380 g/mol. The number of halogens is 1. The van der Waals surface area contributed by atoms with Crippen LogP contribution in [-0.2, 0) is 9.59 Å². The smallest absolute Gasteiger partial charge is 0.311 e. The van der Waals surface area contributed by atoms with Crippen molar-refractivity contribution < 1.29 is 14.7 Å². The van der Waals surface area contributed by atoms with Gasteiger partial charge in [-0.2, -0.15) is 0 Å². The number of aliphatic carboxylic acids is 1. The van der Waals surface area contributed by atoms with Gasteiger partial charge >= 0.3 is 5.97 Å². The minimum Gasteiger partial charge on any atom is -0.481 e. The molecule has 2 N–H and O–H groups in total. The number of carbonyl (C=O) groups excluding carboxylic acids is 1. The summed E-state index contributed by atoms with van der Waals surface area (Å²) in [5.41, 5.74) is 0.101. The van der Waals surface area contributed by atoms with Gasteiger partial charge in [-0.05, 0) is 49.9 Å². The summed E-state index contributed by atoms with van der Waals surface area (Å²) in [6.07, 6.45) is 2.65. The van der Waals surface area contributed by atoms with Crippen LogP contribution in [0.15, 0.2) is 28.7 Å². The quantitative estimate of drug-likeness (QED) is 0.842. The Hall–Kier alpha value is -1.40. The van der Waals surface area contributed by atoms with Crippen LogP contribution in [0, 0.1) is 11.3 Å². The minimum absolute atomic E-state index is 0.0900. The molecule has 1 heterocycles. The van der Waals surface area contributed by atoms with Crippen LogP contribution in [0.25, 0.3) is 0 Å². The molecule has 1 aliphatic carbocycles. The van der Waals surface area contributed by atoms with E-state index in [4.69, 9.17) is 0 Å². The molecular formula is C17H21BrN2O3. The molecule has 0 radical (unpaired) electrons. The van der Waals surface area contributed by atoms with E-state index in [0.717, 1.165) is 29.4 Å². The van der Waals surface area contributed by atoms with E-state index in [1.807, 2.05) is 36.1 Å². The normalized spacial score (nSPS) is 28.3. The van der Waals surface area contributed by atoms with E-state index in [0.29, 0.717) is 13.1 Å². The Morgan fingerprint density at radius 1 is 1.39 bits per heavy atom. The lowest BCUT2D eigenvalue weighted by molar-refractivity contribution is -0.149. The van der Waals surface area contributed by atoms with Gasteiger partial charge in [-0.1, -0.05) is 22.4 Å². The zero-order valence-electron chi connectivity index (χ0n) is 13.1. The van der Waals surface area contributed by atoms with Gasteiger partial charge in [0.15, 0.2) is 0 Å². The highest BCUT2D eigenvalue weighted by atomic mass is 79.9. The number of hydrogen-bond donors (Lipinski definition) is 2. The number of fused-ring (bicyclic) bond motifs is 1. The highest BCUT2D eigenvalue weighted by molar-refractivity contribution is 9.10. The number of hydrogen-bond acceptors (Lipinski definition) is 3. The number of benzene rings is 1. The van der Waals surface area contributed by atoms with Crippen molar-refractivity contribution in [2.24, 2.45) is 11.3 Å². The molecule has 1 aliphatic heterocycles. The van der Waals surface area contributed by atoms with Gasteiger partial charge in [0.25, 0.3) is 0 Å². The van der Waals surface area contributed by atoms with Crippen molar-refractivity contribution in [3.05, 3.63) is 28.7 Å². The van der Waals surface area contributed by atoms with E-state index in [9.17, 15) is 14.7 Å². The summed E-state index contributed by atoms with van der Waals surface area (Å²) in [6.45, 7) is 3.02. The highest BCUT2D eigenvalue weighted by Gasteiger charge is 2.55. The fourth-order valence-electron chi connectivity index (χ4n) is 3.92. The van der Waals surface area contributed by atoms with E-state index >= 15 is 0 Å². The Bertz CT molecular complexity index is 619. The van der Waals surface area contributed by atoms with Gasteiger partial charge in [-0.25, -0.2) is 0 Å². The fraction of sp³-hybridized carbons (Fsp3) is 0.529. The first kappa shape index (κ1) is 16.5. The molecule has 1 aromatic rings. The summed E-state index contributed by atoms with van der Waals surface area (Å²) in [4.78, 5) is 26.2. The summed E-state index contributed by atoms with van der Waals surface area (Å²) in [7, 11) is 0. The van der Waals surface area contributed by atoms with Crippen LogP contribution in [0.1, 0.15) is 26.2 Å². The number of carboxylic acids is 1. The maximum absolute atomic E-state index is 12.5. The first-order valence-corrected chi connectivity index (χ1v) is 8.75. The summed E-state index contributed by atoms with van der Waals surface area (Å²) >= 11 is 3.36. The van der Waals surface area contributed by atoms with E-state index in [1.54, 1.807) is 0 Å². The Morgan fingerprint density at radius 2 is 2.09 bits per heavy atom. The topological polar surface area (TPSA) is 69.6 Å². The van der Waals surface area contributed by atoms with Crippen molar-refractivity contribution in [2.45, 2.75) is 32.2 Å². The van der Waals surface area contributed by atoms with Crippen LogP contribution < -0.4 is 5.32 Å². The predicted molar refractivity (Wildman–Crippen MR) is 91.2 cm³/mol. The molecule has 0 spiro atoms. The standard InChI is InChI=1S/C17H21BrN2O3/c1-11(15(21)19-14-6-4-13(18)5-7-14)20-9-12-3-2-8-17(12,10-20)16(22)23/h4-7,11-12H,2-3,8-10H2,1H3,(H,19,21)(H,22,23)/t11?,12-,17+/m0/s1. The maximum atomic E-state index is 12.5. The molecule has 1 unspecified atom stereocenters. The summed E-state index contributed by atoms with van der Waals surface area (Å²) < 4.78 is 0.958. The average molecular weight is 381 g/mol. The van der Waals surface area contributed by atoms with Gasteiger partial charge in [-0.3, -0.25) is 14.5 Å². The molecular weight excluding hydrogens is 360 g/mol. The second-order valence-corrected chi connectivity index (χ2v) is 7.57. The fourth-order valence-corrected chi connectivity index (χ4v) is 4.18. The van der Waals surface area contributed by atoms with Gasteiger partial charge < -0.3 is 10.4 Å². The largest absolute Gasteiger partial charge is 0.481 e. The zero-order valence-corrected chi connectivity index (χ0v) is 14.7. The molecule has 6 heteroatoms. The summed E-state index contributed by atoms with van der Waals surface area (Å²) in [5.74, 6) is -0.626. The molecule has 1 saturated carbocycles. The van der Waals surface area contributed by atoms with Crippen LogP contribution >= 0.6 is 15.9 Å². The number of likely N-dealkylation sites (tertiary alicyclic amines) is 1. The molecule has 0 bridgehead atoms. The number of nitrogens with one attached hydrogen (secondary N) is 1. The molecule has 1 saturated heterocycles. The number of amides is 1. The summed E-state index contributed by atoms with van der Waals surface area (Å²) in [6, 6.07) is 7.10. The second-order valence-electron chi connectivity index (χ2n) is 6.65. The van der Waals surface area contributed by atoms with E-state index < -0.39 is 11.4 Å². The lowest BCUT2D eigenvalue weighted by Gasteiger charge is -2.26. The molecule has 3 atom stereocenters. The van der Waals surface area contributed by atoms with Crippen LogP contribution in [0.3, 0.4) is 0 Å². The molecule has 0 aromatic heterocycles. The predicted octanol–water partition coefficient (Wildman–Crippen LogP) is 2.96. The lowest BCUT2D eigenvalue weighted by atomic mass is 9.81. The second kappa shape index (κ2) is 6.24. The number of carbonyl (C=O) groups is 2. The number of carboxylic acid groups (broad SMARTS) is 1. The Labute approximate surface area is 144 Å². The Balaban J connectivity index is 1.67. The van der Waals surface area contributed by atoms with Gasteiger partial charge in [0.1, 0.15) is 0 Å². The van der Waals surface area contributed by atoms with Crippen molar-refractivity contribution in [3.63, 3.8) is 0 Å². The van der Waals surface area contributed by atoms with Crippen molar-refractivity contribution in [3.8, 4) is 0 Å². The van der Waals surface area contributed by atoms with Gasteiger partial charge in [0.2, 0.25) is 5.91 Å². The Morgan fingerprint density at radius 3 is 2.70 bits per heavy atom. The molecule has 1 amide bonds. The van der Waals surface area contributed by atoms with E-state index in [2.05, 4.69) is 21.2 Å². The van der Waals surface area contributed by atoms with Gasteiger partial charge in [0, 0.05) is 23.2 Å². The van der Waals surface area contributed by atoms with E-state index in [1.165, 1.54) is 0 Å². The Kier molecular flexibility index (Phi) is 4.47. The van der Waals surface area contributed by atoms with Crippen molar-refractivity contribution >= 4 is 33.5 Å². The number of anilines is 1. The third-order valence-electron chi connectivity index (χ3n) is 5.36. The van der Waals surface area contributed by atoms with Crippen LogP contribution in [0.4, 0.5) is 5.69 Å². The molecule has 23 heavy (non-hydrogen) atoms. The first-order valence-electron chi connectivity index (χ1n) is 7.96. The molecule has 2 aliphatic rings. The highest BCUT2D eigenvalue weighted by Crippen LogP contribution is 2.49. The molecule has 1 aromatic carbocycles. The van der Waals surface area contributed by atoms with E-state index in [-0.39, 0.29) is 17.9 Å². The van der Waals surface area contributed by atoms with Crippen LogP contribution in [0.5, 0.6) is 0 Å². The molecule has 5 nitrogen and oxygen atoms in total. The number of nitrogens with zero attached hydrogens (tertiary/aromatic N) is 1. The third kappa shape index (κ3) is 3.02. The maximum Gasteiger partial charge on any atom is 0.311 e. The number of rotatable bonds is 4. The molecule has 3 rings (SSSR count). The van der Waals surface area contributed by atoms with Gasteiger partial charge in [0.05, 0.1) is 11.5 Å². The van der Waals surface area contributed by atoms with Gasteiger partial charge in [-0.15, -0.1) is 0 Å². The zero-order chi connectivity index (χ0) is 16.6. The first-order chi connectivity index (χ1) is 10.9. The average Bonchev–Trinajstić information content (AvgIpc) is 3.06. The SMILES string of the molecule is CC(C(=O)Nc1ccc(Br)cc1)N1C[C@@H]2CCC[C@@]2(C(=O)O)C1. The summed E-state index contributed by atoms with van der Waals surface area (Å²) in [5, 5.41) is 12.5. The lowest BCUT2D eigenvalue weighted by Crippen LogP contribution is -2.43. The van der Waals surface area contributed by atoms with Crippen LogP contribution in [0.2, 0.25) is 0 Å². The molecule has 2 fully saturated rings. The third-order valence-corrected chi connectivity index (χ3v) is 5.89. The van der Waals surface area contributed by atoms with Crippen molar-refractivity contribution in [2.75, 3.05) is 18.4 Å². The van der Waals surface area contributed by atoms with Crippen molar-refractivity contribution in [1.29, 1.82) is 0 Å².